The Morgan fingerprint density at radius 1 is 1.15 bits per heavy atom. The quantitative estimate of drug-likeness (QED) is 0.477. The van der Waals surface area contributed by atoms with Gasteiger partial charge in [-0.25, -0.2) is 9.37 Å². The number of hydrogen-bond donors (Lipinski definition) is 1. The van der Waals surface area contributed by atoms with Crippen LogP contribution in [0, 0.1) is 12.7 Å². The standard InChI is InChI=1S/C24H22FN7O/c1-14-9-15(27-12-18(14)25)10-16-11-21(22-19(29-16)7-8-26-22)30-20-6-4-5-17(23(20)33-3)24-28-13-32(2)31-24/h4-6,8-9,11-13H,7,10H2,1-3H3,(H,29,30). The van der Waals surface area contributed by atoms with Gasteiger partial charge in [-0.05, 0) is 36.8 Å². The normalized spacial score (nSPS) is 12.1. The van der Waals surface area contributed by atoms with E-state index in [9.17, 15) is 4.39 Å². The fraction of sp³-hybridized carbons (Fsp3) is 0.208. The molecule has 4 heterocycles. The maximum absolute atomic E-state index is 13.6. The number of aliphatic imine (C=N–C) groups is 1. The molecule has 166 valence electrons. The number of pyridine rings is 2. The number of halogens is 1. The van der Waals surface area contributed by atoms with E-state index >= 15 is 0 Å². The van der Waals surface area contributed by atoms with E-state index in [4.69, 9.17) is 9.72 Å². The van der Waals surface area contributed by atoms with E-state index in [0.29, 0.717) is 30.0 Å². The molecule has 0 aliphatic carbocycles. The molecule has 8 nitrogen and oxygen atoms in total. The van der Waals surface area contributed by atoms with Gasteiger partial charge in [0.05, 0.1) is 35.9 Å². The molecule has 1 aliphatic heterocycles. The SMILES string of the molecule is COc1c(Nc2cc(Cc3cc(C)c(F)cn3)nc3c2N=CC3)cccc1-c1ncn(C)n1. The average Bonchev–Trinajstić information content (AvgIpc) is 3.45. The first-order chi connectivity index (χ1) is 16.0. The molecule has 0 saturated heterocycles. The Morgan fingerprint density at radius 2 is 2.03 bits per heavy atom. The lowest BCUT2D eigenvalue weighted by Gasteiger charge is -2.16. The highest BCUT2D eigenvalue weighted by atomic mass is 19.1. The van der Waals surface area contributed by atoms with Crippen LogP contribution in [0.15, 0.2) is 47.8 Å². The van der Waals surface area contributed by atoms with Crippen molar-refractivity contribution >= 4 is 23.3 Å². The van der Waals surface area contributed by atoms with Gasteiger partial charge in [0, 0.05) is 37.5 Å². The Morgan fingerprint density at radius 3 is 2.79 bits per heavy atom. The molecule has 0 unspecified atom stereocenters. The number of nitrogens with zero attached hydrogens (tertiary/aromatic N) is 6. The zero-order valence-electron chi connectivity index (χ0n) is 18.5. The Kier molecular flexibility index (Phi) is 5.29. The molecule has 0 bridgehead atoms. The molecule has 5 rings (SSSR count). The number of benzene rings is 1. The predicted octanol–water partition coefficient (Wildman–Crippen LogP) is 4.32. The molecular weight excluding hydrogens is 421 g/mol. The van der Waals surface area contributed by atoms with Crippen molar-refractivity contribution in [2.45, 2.75) is 19.8 Å². The van der Waals surface area contributed by atoms with Crippen LogP contribution in [-0.2, 0) is 19.9 Å². The lowest BCUT2D eigenvalue weighted by Crippen LogP contribution is -2.03. The van der Waals surface area contributed by atoms with Gasteiger partial charge in [-0.1, -0.05) is 6.07 Å². The summed E-state index contributed by atoms with van der Waals surface area (Å²) in [6, 6.07) is 9.48. The van der Waals surface area contributed by atoms with Gasteiger partial charge < -0.3 is 10.1 Å². The summed E-state index contributed by atoms with van der Waals surface area (Å²) in [6.45, 7) is 1.73. The third kappa shape index (κ3) is 4.05. The van der Waals surface area contributed by atoms with Crippen molar-refractivity contribution in [3.8, 4) is 17.1 Å². The van der Waals surface area contributed by atoms with Crippen LogP contribution in [0.3, 0.4) is 0 Å². The van der Waals surface area contributed by atoms with Crippen LogP contribution in [0.1, 0.15) is 22.6 Å². The number of aromatic nitrogens is 5. The van der Waals surface area contributed by atoms with Crippen LogP contribution < -0.4 is 10.1 Å². The maximum Gasteiger partial charge on any atom is 0.184 e. The molecule has 0 radical (unpaired) electrons. The number of anilines is 2. The average molecular weight is 443 g/mol. The number of rotatable bonds is 6. The molecule has 0 saturated carbocycles. The molecule has 1 N–H and O–H groups in total. The summed E-state index contributed by atoms with van der Waals surface area (Å²) in [4.78, 5) is 17.9. The molecular formula is C24H22FN7O. The first-order valence-corrected chi connectivity index (χ1v) is 10.5. The van der Waals surface area contributed by atoms with Crippen molar-refractivity contribution in [1.82, 2.24) is 24.7 Å². The largest absolute Gasteiger partial charge is 0.494 e. The van der Waals surface area contributed by atoms with Crippen molar-refractivity contribution < 1.29 is 9.13 Å². The third-order valence-electron chi connectivity index (χ3n) is 5.42. The maximum atomic E-state index is 13.6. The fourth-order valence-corrected chi connectivity index (χ4v) is 3.86. The van der Waals surface area contributed by atoms with E-state index < -0.39 is 0 Å². The topological polar surface area (TPSA) is 90.1 Å². The zero-order valence-corrected chi connectivity index (χ0v) is 18.5. The fourth-order valence-electron chi connectivity index (χ4n) is 3.86. The van der Waals surface area contributed by atoms with Gasteiger partial charge in [0.2, 0.25) is 0 Å². The molecule has 1 aromatic carbocycles. The van der Waals surface area contributed by atoms with E-state index in [1.807, 2.05) is 37.5 Å². The van der Waals surface area contributed by atoms with E-state index in [1.54, 1.807) is 31.1 Å². The van der Waals surface area contributed by atoms with Crippen molar-refractivity contribution in [3.05, 3.63) is 71.3 Å². The first kappa shape index (κ1) is 20.7. The second kappa shape index (κ2) is 8.42. The van der Waals surface area contributed by atoms with E-state index in [0.717, 1.165) is 39.7 Å². The number of ether oxygens (including phenoxy) is 1. The Hall–Kier alpha value is -4.14. The minimum absolute atomic E-state index is 0.314. The molecule has 3 aromatic heterocycles. The van der Waals surface area contributed by atoms with Crippen molar-refractivity contribution in [2.75, 3.05) is 12.4 Å². The number of hydrogen-bond acceptors (Lipinski definition) is 7. The Labute approximate surface area is 190 Å². The van der Waals surface area contributed by atoms with Crippen LogP contribution in [0.2, 0.25) is 0 Å². The molecule has 0 amide bonds. The molecule has 0 atom stereocenters. The smallest absolute Gasteiger partial charge is 0.184 e. The highest BCUT2D eigenvalue weighted by Gasteiger charge is 2.19. The van der Waals surface area contributed by atoms with Gasteiger partial charge in [-0.3, -0.25) is 19.6 Å². The van der Waals surface area contributed by atoms with Gasteiger partial charge >= 0.3 is 0 Å². The highest BCUT2D eigenvalue weighted by Crippen LogP contribution is 2.40. The summed E-state index contributed by atoms with van der Waals surface area (Å²) in [6.07, 6.45) is 5.89. The molecule has 0 fully saturated rings. The summed E-state index contributed by atoms with van der Waals surface area (Å²) in [5.41, 5.74) is 6.18. The zero-order chi connectivity index (χ0) is 22.9. The van der Waals surface area contributed by atoms with Gasteiger partial charge in [-0.2, -0.15) is 5.10 Å². The number of nitrogens with one attached hydrogen (secondary N) is 1. The van der Waals surface area contributed by atoms with E-state index in [-0.39, 0.29) is 5.82 Å². The molecule has 1 aliphatic rings. The molecule has 33 heavy (non-hydrogen) atoms. The lowest BCUT2D eigenvalue weighted by atomic mass is 10.1. The van der Waals surface area contributed by atoms with Crippen LogP contribution >= 0.6 is 0 Å². The summed E-state index contributed by atoms with van der Waals surface area (Å²) in [5.74, 6) is 0.897. The summed E-state index contributed by atoms with van der Waals surface area (Å²) < 4.78 is 21.0. The van der Waals surface area contributed by atoms with Crippen molar-refractivity contribution in [3.63, 3.8) is 0 Å². The van der Waals surface area contributed by atoms with Crippen LogP contribution in [-0.4, -0.2) is 38.1 Å². The summed E-state index contributed by atoms with van der Waals surface area (Å²) in [5, 5.41) is 7.87. The second-order valence-corrected chi connectivity index (χ2v) is 7.83. The third-order valence-corrected chi connectivity index (χ3v) is 5.42. The minimum atomic E-state index is -0.314. The van der Waals surface area contributed by atoms with Gasteiger partial charge in [0.25, 0.3) is 0 Å². The number of aryl methyl sites for hydroxylation is 2. The minimum Gasteiger partial charge on any atom is -0.494 e. The molecule has 0 spiro atoms. The number of methoxy groups -OCH3 is 1. The molecule has 4 aromatic rings. The number of para-hydroxylation sites is 1. The van der Waals surface area contributed by atoms with Crippen LogP contribution in [0.25, 0.3) is 11.4 Å². The predicted molar refractivity (Wildman–Crippen MR) is 124 cm³/mol. The Balaban J connectivity index is 1.52. The molecule has 9 heteroatoms. The van der Waals surface area contributed by atoms with Crippen molar-refractivity contribution in [1.29, 1.82) is 0 Å². The van der Waals surface area contributed by atoms with Crippen LogP contribution in [0.5, 0.6) is 5.75 Å². The van der Waals surface area contributed by atoms with Gasteiger partial charge in [0.15, 0.2) is 11.6 Å². The Bertz CT molecular complexity index is 1380. The monoisotopic (exact) mass is 443 g/mol. The number of fused-ring (bicyclic) bond motifs is 1. The van der Waals surface area contributed by atoms with E-state index in [2.05, 4.69) is 25.4 Å². The summed E-state index contributed by atoms with van der Waals surface area (Å²) >= 11 is 0. The van der Waals surface area contributed by atoms with E-state index in [1.165, 1.54) is 6.20 Å². The highest BCUT2D eigenvalue weighted by molar-refractivity contribution is 5.86. The van der Waals surface area contributed by atoms with Gasteiger partial charge in [0.1, 0.15) is 17.8 Å². The van der Waals surface area contributed by atoms with Gasteiger partial charge in [-0.15, -0.1) is 0 Å². The lowest BCUT2D eigenvalue weighted by molar-refractivity contribution is 0.418. The van der Waals surface area contributed by atoms with Crippen molar-refractivity contribution in [2.24, 2.45) is 12.0 Å². The summed E-state index contributed by atoms with van der Waals surface area (Å²) in [7, 11) is 3.44. The first-order valence-electron chi connectivity index (χ1n) is 10.5. The second-order valence-electron chi connectivity index (χ2n) is 7.83. The van der Waals surface area contributed by atoms with Crippen LogP contribution in [0.4, 0.5) is 21.5 Å².